The molecule has 2 aromatic heterocycles. The molecule has 4 aromatic rings. The van der Waals surface area contributed by atoms with E-state index in [0.29, 0.717) is 16.5 Å². The molecule has 4 rings (SSSR count). The van der Waals surface area contributed by atoms with Crippen molar-refractivity contribution in [2.24, 2.45) is 0 Å². The van der Waals surface area contributed by atoms with Gasteiger partial charge in [-0.25, -0.2) is 12.7 Å². The Morgan fingerprint density at radius 1 is 0.828 bits per heavy atom. The van der Waals surface area contributed by atoms with Gasteiger partial charge in [-0.2, -0.15) is 0 Å². The number of hydrogen-bond donors (Lipinski definition) is 0. The van der Waals surface area contributed by atoms with Crippen LogP contribution in [0, 0.1) is 0 Å². The molecule has 0 aliphatic carbocycles. The lowest BCUT2D eigenvalue weighted by Crippen LogP contribution is -2.36. The number of benzene rings is 2. The van der Waals surface area contributed by atoms with Crippen molar-refractivity contribution >= 4 is 26.8 Å². The number of fused-ring (bicyclic) bond motifs is 1. The van der Waals surface area contributed by atoms with E-state index in [1.165, 1.54) is 36.8 Å². The van der Waals surface area contributed by atoms with Gasteiger partial charge in [0.05, 0.1) is 12.1 Å². The highest BCUT2D eigenvalue weighted by atomic mass is 32.2. The van der Waals surface area contributed by atoms with Crippen LogP contribution >= 0.6 is 0 Å². The summed E-state index contributed by atoms with van der Waals surface area (Å²) >= 11 is 0. The monoisotopic (exact) mass is 403 g/mol. The van der Waals surface area contributed by atoms with E-state index in [1.807, 2.05) is 6.07 Å². The molecule has 0 saturated carbocycles. The van der Waals surface area contributed by atoms with Gasteiger partial charge >= 0.3 is 0 Å². The molecule has 7 heteroatoms. The molecule has 0 aliphatic heterocycles. The fourth-order valence-electron chi connectivity index (χ4n) is 3.06. The summed E-state index contributed by atoms with van der Waals surface area (Å²) in [5.74, 6) is -0.621. The van der Waals surface area contributed by atoms with Crippen LogP contribution < -0.4 is 0 Å². The molecule has 0 atom stereocenters. The van der Waals surface area contributed by atoms with E-state index in [4.69, 9.17) is 0 Å². The van der Waals surface area contributed by atoms with Gasteiger partial charge in [-0.1, -0.05) is 48.5 Å². The Morgan fingerprint density at radius 3 is 2.31 bits per heavy atom. The normalized spacial score (nSPS) is 11.3. The lowest BCUT2D eigenvalue weighted by molar-refractivity contribution is 0.0855. The van der Waals surface area contributed by atoms with Gasteiger partial charge in [-0.15, -0.1) is 0 Å². The summed E-state index contributed by atoms with van der Waals surface area (Å²) in [6.07, 6.45) is 4.45. The maximum Gasteiger partial charge on any atom is 0.269 e. The summed E-state index contributed by atoms with van der Waals surface area (Å²) in [7, 11) is -4.17. The number of nitrogens with zero attached hydrogens (tertiary/aromatic N) is 3. The number of rotatable bonds is 5. The average Bonchev–Trinajstić information content (AvgIpc) is 2.78. The van der Waals surface area contributed by atoms with Crippen molar-refractivity contribution in [1.82, 2.24) is 14.3 Å². The third-order valence-electron chi connectivity index (χ3n) is 4.49. The van der Waals surface area contributed by atoms with E-state index < -0.39 is 15.9 Å². The van der Waals surface area contributed by atoms with Crippen LogP contribution in [0.1, 0.15) is 15.9 Å². The Hall–Kier alpha value is -3.58. The Bertz CT molecular complexity index is 1250. The lowest BCUT2D eigenvalue weighted by atomic mass is 10.2. The van der Waals surface area contributed by atoms with Gasteiger partial charge in [0.15, 0.2) is 0 Å². The molecule has 0 fully saturated rings. The first-order valence-electron chi connectivity index (χ1n) is 8.92. The molecule has 0 N–H and O–H groups in total. The molecule has 0 saturated heterocycles. The standard InChI is InChI=1S/C22H17N3O3S/c26-22(19-11-14-23-15-12-19)25(16-17-6-2-1-3-7-17)29(27,28)20-10-4-8-18-9-5-13-24-21(18)20/h1-15H,16H2. The minimum Gasteiger partial charge on any atom is -0.268 e. The predicted molar refractivity (Wildman–Crippen MR) is 109 cm³/mol. The largest absolute Gasteiger partial charge is 0.269 e. The average molecular weight is 403 g/mol. The van der Waals surface area contributed by atoms with E-state index in [2.05, 4.69) is 9.97 Å². The van der Waals surface area contributed by atoms with Gasteiger partial charge in [-0.3, -0.25) is 14.8 Å². The summed E-state index contributed by atoms with van der Waals surface area (Å²) in [6, 6.07) is 20.4. The van der Waals surface area contributed by atoms with Crippen molar-refractivity contribution in [3.05, 3.63) is 103 Å². The Labute approximate surface area is 168 Å². The zero-order valence-electron chi connectivity index (χ0n) is 15.3. The maximum absolute atomic E-state index is 13.6. The van der Waals surface area contributed by atoms with Crippen LogP contribution in [0.4, 0.5) is 0 Å². The fourth-order valence-corrected chi connectivity index (χ4v) is 4.60. The molecule has 0 aliphatic rings. The maximum atomic E-state index is 13.6. The molecule has 6 nitrogen and oxygen atoms in total. The SMILES string of the molecule is O=C(c1ccncc1)N(Cc1ccccc1)S(=O)(=O)c1cccc2cccnc12. The number of carbonyl (C=O) groups is 1. The number of carbonyl (C=O) groups excluding carboxylic acids is 1. The number of aromatic nitrogens is 2. The number of sulfonamides is 1. The van der Waals surface area contributed by atoms with Gasteiger partial charge in [0.1, 0.15) is 4.90 Å². The van der Waals surface area contributed by atoms with Crippen molar-refractivity contribution in [2.45, 2.75) is 11.4 Å². The number of amides is 1. The smallest absolute Gasteiger partial charge is 0.268 e. The van der Waals surface area contributed by atoms with Crippen LogP contribution in [0.2, 0.25) is 0 Å². The van der Waals surface area contributed by atoms with Crippen LogP contribution in [0.5, 0.6) is 0 Å². The number of pyridine rings is 2. The lowest BCUT2D eigenvalue weighted by Gasteiger charge is -2.23. The summed E-state index contributed by atoms with van der Waals surface area (Å²) in [5, 5.41) is 0.685. The second kappa shape index (κ2) is 7.81. The Kier molecular flexibility index (Phi) is 5.05. The van der Waals surface area contributed by atoms with Crippen molar-refractivity contribution in [3.63, 3.8) is 0 Å². The molecule has 144 valence electrons. The minimum atomic E-state index is -4.17. The van der Waals surface area contributed by atoms with E-state index in [1.54, 1.807) is 48.5 Å². The highest BCUT2D eigenvalue weighted by Gasteiger charge is 2.32. The number of hydrogen-bond acceptors (Lipinski definition) is 5. The molecule has 0 bridgehead atoms. The van der Waals surface area contributed by atoms with E-state index >= 15 is 0 Å². The summed E-state index contributed by atoms with van der Waals surface area (Å²) in [6.45, 7) is -0.0897. The van der Waals surface area contributed by atoms with Crippen LogP contribution in [0.15, 0.2) is 96.3 Å². The first-order chi connectivity index (χ1) is 14.1. The molecule has 0 spiro atoms. The quantitative estimate of drug-likeness (QED) is 0.508. The first kappa shape index (κ1) is 18.8. The van der Waals surface area contributed by atoms with Crippen LogP contribution in [-0.4, -0.2) is 28.6 Å². The summed E-state index contributed by atoms with van der Waals surface area (Å²) in [5.41, 5.74) is 1.27. The predicted octanol–water partition coefficient (Wildman–Crippen LogP) is 3.66. The molecule has 1 amide bonds. The van der Waals surface area contributed by atoms with Crippen molar-refractivity contribution in [2.75, 3.05) is 0 Å². The molecule has 2 heterocycles. The molecule has 0 unspecified atom stereocenters. The summed E-state index contributed by atoms with van der Waals surface area (Å²) in [4.78, 5) is 21.3. The van der Waals surface area contributed by atoms with Gasteiger partial charge in [0.25, 0.3) is 15.9 Å². The van der Waals surface area contributed by atoms with Gasteiger partial charge in [-0.05, 0) is 29.8 Å². The second-order valence-corrected chi connectivity index (χ2v) is 8.20. The van der Waals surface area contributed by atoms with Gasteiger partial charge in [0.2, 0.25) is 0 Å². The van der Waals surface area contributed by atoms with Crippen LogP contribution in [0.25, 0.3) is 10.9 Å². The van der Waals surface area contributed by atoms with Crippen molar-refractivity contribution in [3.8, 4) is 0 Å². The number of para-hydroxylation sites is 1. The minimum absolute atomic E-state index is 0.00561. The van der Waals surface area contributed by atoms with Gasteiger partial charge < -0.3 is 0 Å². The van der Waals surface area contributed by atoms with Crippen LogP contribution in [0.3, 0.4) is 0 Å². The van der Waals surface area contributed by atoms with Crippen LogP contribution in [-0.2, 0) is 16.6 Å². The molecule has 0 radical (unpaired) electrons. The highest BCUT2D eigenvalue weighted by Crippen LogP contribution is 2.26. The molecular formula is C22H17N3O3S. The van der Waals surface area contributed by atoms with Crippen molar-refractivity contribution in [1.29, 1.82) is 0 Å². The molecular weight excluding hydrogens is 386 g/mol. The third-order valence-corrected chi connectivity index (χ3v) is 6.25. The Balaban J connectivity index is 1.86. The summed E-state index contributed by atoms with van der Waals surface area (Å²) < 4.78 is 28.1. The first-order valence-corrected chi connectivity index (χ1v) is 10.4. The molecule has 29 heavy (non-hydrogen) atoms. The zero-order valence-corrected chi connectivity index (χ0v) is 16.2. The zero-order chi connectivity index (χ0) is 20.3. The fraction of sp³-hybridized carbons (Fsp3) is 0.0455. The van der Waals surface area contributed by atoms with Gasteiger partial charge in [0, 0.05) is 29.5 Å². The highest BCUT2D eigenvalue weighted by molar-refractivity contribution is 7.89. The van der Waals surface area contributed by atoms with Crippen molar-refractivity contribution < 1.29 is 13.2 Å². The van der Waals surface area contributed by atoms with E-state index in [0.717, 1.165) is 4.31 Å². The topological polar surface area (TPSA) is 80.2 Å². The van der Waals surface area contributed by atoms with E-state index in [9.17, 15) is 13.2 Å². The second-order valence-electron chi connectivity index (χ2n) is 6.37. The molecule has 2 aromatic carbocycles. The third kappa shape index (κ3) is 3.72. The van der Waals surface area contributed by atoms with E-state index in [-0.39, 0.29) is 17.0 Å². The Morgan fingerprint density at radius 2 is 1.55 bits per heavy atom.